The molecule has 0 saturated carbocycles. The van der Waals surface area contributed by atoms with Gasteiger partial charge in [-0.15, -0.1) is 0 Å². The van der Waals surface area contributed by atoms with Crippen LogP contribution in [0.2, 0.25) is 0 Å². The SMILES string of the molecule is CCCCCCCCCCCCCCCCCCCCCCCCCCCCC=C=N. The van der Waals surface area contributed by atoms with Crippen molar-refractivity contribution in [1.82, 2.24) is 0 Å². The van der Waals surface area contributed by atoms with Gasteiger partial charge in [0, 0.05) is 0 Å². The van der Waals surface area contributed by atoms with Crippen molar-refractivity contribution in [1.29, 1.82) is 5.41 Å². The molecule has 0 aliphatic carbocycles. The zero-order valence-electron chi connectivity index (χ0n) is 21.7. The van der Waals surface area contributed by atoms with Crippen LogP contribution in [0.5, 0.6) is 0 Å². The smallest absolute Gasteiger partial charge is 0.0234 e. The summed E-state index contributed by atoms with van der Waals surface area (Å²) in [7, 11) is 0. The van der Waals surface area contributed by atoms with Crippen LogP contribution < -0.4 is 0 Å². The second-order valence-corrected chi connectivity index (χ2v) is 9.98. The fourth-order valence-corrected chi connectivity index (χ4v) is 4.63. The Balaban J connectivity index is 3.00. The number of hydrogen-bond acceptors (Lipinski definition) is 1. The van der Waals surface area contributed by atoms with Crippen LogP contribution in [0.15, 0.2) is 6.08 Å². The van der Waals surface area contributed by atoms with Crippen LogP contribution >= 0.6 is 0 Å². The lowest BCUT2D eigenvalue weighted by Gasteiger charge is -2.04. The lowest BCUT2D eigenvalue weighted by molar-refractivity contribution is 0.515. The standard InChI is InChI=1S/C30H59N/c1-2-3-4-5-6-7-8-9-10-11-12-13-14-15-16-17-18-19-20-21-22-23-24-25-26-27-28-29-30-31/h29,31H,2-28H2,1H3. The van der Waals surface area contributed by atoms with Crippen LogP contribution in [-0.2, 0) is 0 Å². The molecule has 0 aliphatic heterocycles. The minimum absolute atomic E-state index is 1.04. The van der Waals surface area contributed by atoms with Crippen molar-refractivity contribution in [2.24, 2.45) is 0 Å². The zero-order chi connectivity index (χ0) is 22.5. The molecule has 1 N–H and O–H groups in total. The first kappa shape index (κ1) is 30.4. The van der Waals surface area contributed by atoms with Gasteiger partial charge in [-0.2, -0.15) is 0 Å². The molecule has 0 saturated heterocycles. The van der Waals surface area contributed by atoms with E-state index >= 15 is 0 Å². The van der Waals surface area contributed by atoms with E-state index in [1.54, 1.807) is 0 Å². The summed E-state index contributed by atoms with van der Waals surface area (Å²) < 4.78 is 0. The molecule has 0 fully saturated rings. The molecule has 0 unspecified atom stereocenters. The Hall–Kier alpha value is -0.550. The van der Waals surface area contributed by atoms with Crippen molar-refractivity contribution in [3.8, 4) is 0 Å². The van der Waals surface area contributed by atoms with E-state index in [0.717, 1.165) is 6.42 Å². The largest absolute Gasteiger partial charge is 0.259 e. The second-order valence-electron chi connectivity index (χ2n) is 9.98. The Morgan fingerprint density at radius 2 is 0.613 bits per heavy atom. The molecule has 0 amide bonds. The van der Waals surface area contributed by atoms with Crippen LogP contribution in [0, 0.1) is 5.41 Å². The maximum atomic E-state index is 6.84. The summed E-state index contributed by atoms with van der Waals surface area (Å²) in [5.74, 6) is 2.36. The lowest BCUT2D eigenvalue weighted by Crippen LogP contribution is -1.84. The van der Waals surface area contributed by atoms with E-state index in [1.165, 1.54) is 167 Å². The topological polar surface area (TPSA) is 23.9 Å². The van der Waals surface area contributed by atoms with Crippen LogP contribution in [0.3, 0.4) is 0 Å². The normalized spacial score (nSPS) is 11.0. The van der Waals surface area contributed by atoms with E-state index in [-0.39, 0.29) is 0 Å². The van der Waals surface area contributed by atoms with Crippen molar-refractivity contribution in [2.75, 3.05) is 0 Å². The van der Waals surface area contributed by atoms with Crippen molar-refractivity contribution in [3.05, 3.63) is 6.08 Å². The van der Waals surface area contributed by atoms with Crippen LogP contribution in [0.25, 0.3) is 0 Å². The van der Waals surface area contributed by atoms with Gasteiger partial charge in [0.25, 0.3) is 0 Å². The minimum Gasteiger partial charge on any atom is -0.259 e. The molecule has 0 atom stereocenters. The van der Waals surface area contributed by atoms with Gasteiger partial charge in [0.15, 0.2) is 0 Å². The Labute approximate surface area is 197 Å². The van der Waals surface area contributed by atoms with Crippen molar-refractivity contribution in [2.45, 2.75) is 180 Å². The average Bonchev–Trinajstić information content (AvgIpc) is 2.78. The third kappa shape index (κ3) is 29.4. The molecule has 0 spiro atoms. The van der Waals surface area contributed by atoms with Gasteiger partial charge in [-0.05, 0) is 24.8 Å². The van der Waals surface area contributed by atoms with Crippen molar-refractivity contribution >= 4 is 5.87 Å². The fourth-order valence-electron chi connectivity index (χ4n) is 4.63. The van der Waals surface area contributed by atoms with Gasteiger partial charge >= 0.3 is 0 Å². The summed E-state index contributed by atoms with van der Waals surface area (Å²) in [6.45, 7) is 2.30. The van der Waals surface area contributed by atoms with Crippen LogP contribution in [-0.4, -0.2) is 5.87 Å². The predicted molar refractivity (Wildman–Crippen MR) is 143 cm³/mol. The van der Waals surface area contributed by atoms with Crippen LogP contribution in [0.1, 0.15) is 180 Å². The second kappa shape index (κ2) is 29.5. The molecule has 0 aromatic rings. The Kier molecular flexibility index (Phi) is 28.9. The van der Waals surface area contributed by atoms with Crippen molar-refractivity contribution in [3.63, 3.8) is 0 Å². The summed E-state index contributed by atoms with van der Waals surface area (Å²) in [4.78, 5) is 0. The molecule has 0 aromatic heterocycles. The molecule has 31 heavy (non-hydrogen) atoms. The summed E-state index contributed by atoms with van der Waals surface area (Å²) in [6.07, 6.45) is 40.5. The monoisotopic (exact) mass is 433 g/mol. The maximum Gasteiger partial charge on any atom is -0.0234 e. The van der Waals surface area contributed by atoms with Gasteiger partial charge < -0.3 is 0 Å². The first-order valence-corrected chi connectivity index (χ1v) is 14.7. The quantitative estimate of drug-likeness (QED) is 0.0983. The van der Waals surface area contributed by atoms with Gasteiger partial charge in [-0.1, -0.05) is 167 Å². The van der Waals surface area contributed by atoms with Gasteiger partial charge in [-0.25, -0.2) is 0 Å². The maximum absolute atomic E-state index is 6.84. The number of nitrogens with one attached hydrogen (secondary N) is 1. The highest BCUT2D eigenvalue weighted by molar-refractivity contribution is 5.46. The summed E-state index contributed by atoms with van der Waals surface area (Å²) in [5.41, 5.74) is 0. The van der Waals surface area contributed by atoms with Gasteiger partial charge in [0.2, 0.25) is 0 Å². The molecule has 0 heterocycles. The predicted octanol–water partition coefficient (Wildman–Crippen LogP) is 11.3. The van der Waals surface area contributed by atoms with Gasteiger partial charge in [0.1, 0.15) is 0 Å². The summed E-state index contributed by atoms with van der Waals surface area (Å²) >= 11 is 0. The number of hydrogen-bond donors (Lipinski definition) is 1. The third-order valence-electron chi connectivity index (χ3n) is 6.80. The van der Waals surface area contributed by atoms with E-state index in [1.807, 2.05) is 6.08 Å². The Morgan fingerprint density at radius 3 is 0.839 bits per heavy atom. The average molecular weight is 434 g/mol. The zero-order valence-corrected chi connectivity index (χ0v) is 21.7. The Morgan fingerprint density at radius 1 is 0.387 bits per heavy atom. The highest BCUT2D eigenvalue weighted by Gasteiger charge is 1.96. The lowest BCUT2D eigenvalue weighted by atomic mass is 10.0. The number of rotatable bonds is 27. The Bertz CT molecular complexity index is 355. The van der Waals surface area contributed by atoms with E-state index in [9.17, 15) is 0 Å². The number of unbranched alkanes of at least 4 members (excludes halogenated alkanes) is 26. The highest BCUT2D eigenvalue weighted by atomic mass is 14.3. The molecule has 0 aliphatic rings. The number of allylic oxidation sites excluding steroid dienone is 1. The summed E-state index contributed by atoms with van der Waals surface area (Å²) in [6, 6.07) is 0. The van der Waals surface area contributed by atoms with E-state index in [2.05, 4.69) is 12.8 Å². The first-order chi connectivity index (χ1) is 15.4. The molecule has 1 nitrogen and oxygen atoms in total. The molecule has 0 aromatic carbocycles. The van der Waals surface area contributed by atoms with Crippen LogP contribution in [0.4, 0.5) is 0 Å². The molecular formula is C30H59N. The molecule has 1 heteroatoms. The van der Waals surface area contributed by atoms with Gasteiger partial charge in [-0.3, -0.25) is 5.41 Å². The molecule has 0 bridgehead atoms. The van der Waals surface area contributed by atoms with Gasteiger partial charge in [0.05, 0.1) is 0 Å². The molecule has 184 valence electrons. The van der Waals surface area contributed by atoms with Crippen molar-refractivity contribution < 1.29 is 0 Å². The fraction of sp³-hybridized carbons (Fsp3) is 0.933. The third-order valence-corrected chi connectivity index (χ3v) is 6.80. The van der Waals surface area contributed by atoms with E-state index in [0.29, 0.717) is 0 Å². The molecular weight excluding hydrogens is 374 g/mol. The minimum atomic E-state index is 1.04. The highest BCUT2D eigenvalue weighted by Crippen LogP contribution is 2.16. The van der Waals surface area contributed by atoms with E-state index in [4.69, 9.17) is 5.41 Å². The molecule has 0 radical (unpaired) electrons. The molecule has 0 rings (SSSR count). The van der Waals surface area contributed by atoms with E-state index < -0.39 is 0 Å². The summed E-state index contributed by atoms with van der Waals surface area (Å²) in [5, 5.41) is 6.84. The first-order valence-electron chi connectivity index (χ1n) is 14.7.